The molecule has 1 aliphatic heterocycles. The van der Waals surface area contributed by atoms with Gasteiger partial charge in [-0.1, -0.05) is 24.1 Å². The number of hydrogen-bond donors (Lipinski definition) is 1. The van der Waals surface area contributed by atoms with Gasteiger partial charge in [0.1, 0.15) is 0 Å². The van der Waals surface area contributed by atoms with E-state index in [1.54, 1.807) is 0 Å². The van der Waals surface area contributed by atoms with Crippen LogP contribution in [0.3, 0.4) is 0 Å². The fourth-order valence-electron chi connectivity index (χ4n) is 1.06. The first-order valence-corrected chi connectivity index (χ1v) is 4.35. The van der Waals surface area contributed by atoms with Gasteiger partial charge in [-0.15, -0.1) is 0 Å². The van der Waals surface area contributed by atoms with E-state index in [1.807, 2.05) is 35.2 Å². The fourth-order valence-corrected chi connectivity index (χ4v) is 1.06. The standard InChI is InChI=1S/C11H11NO/c13-11(12-8-9-12)7-6-10-4-2-1-3-5-10/h1-5,11,13H,8-9H2. The van der Waals surface area contributed by atoms with Gasteiger partial charge in [-0.25, -0.2) is 0 Å². The Morgan fingerprint density at radius 2 is 1.92 bits per heavy atom. The highest BCUT2D eigenvalue weighted by molar-refractivity contribution is 5.34. The summed E-state index contributed by atoms with van der Waals surface area (Å²) >= 11 is 0. The first-order valence-electron chi connectivity index (χ1n) is 4.35. The first kappa shape index (κ1) is 8.31. The third-order valence-corrected chi connectivity index (χ3v) is 1.95. The normalized spacial score (nSPS) is 17.3. The van der Waals surface area contributed by atoms with E-state index in [-0.39, 0.29) is 0 Å². The minimum absolute atomic E-state index is 0.583. The Balaban J connectivity index is 2.03. The van der Waals surface area contributed by atoms with Gasteiger partial charge in [-0.3, -0.25) is 4.90 Å². The Bertz CT molecular complexity index is 332. The van der Waals surface area contributed by atoms with Crippen LogP contribution in [-0.4, -0.2) is 29.3 Å². The molecule has 13 heavy (non-hydrogen) atoms. The number of rotatable bonds is 1. The summed E-state index contributed by atoms with van der Waals surface area (Å²) in [6.07, 6.45) is -0.583. The molecule has 1 heterocycles. The molecule has 1 atom stereocenters. The number of aliphatic hydroxyl groups excluding tert-OH is 1. The van der Waals surface area contributed by atoms with Crippen LogP contribution >= 0.6 is 0 Å². The van der Waals surface area contributed by atoms with E-state index in [2.05, 4.69) is 11.8 Å². The smallest absolute Gasteiger partial charge is 0.171 e. The molecule has 1 unspecified atom stereocenters. The van der Waals surface area contributed by atoms with E-state index < -0.39 is 6.23 Å². The molecule has 1 aromatic carbocycles. The molecule has 1 saturated heterocycles. The highest BCUT2D eigenvalue weighted by Crippen LogP contribution is 2.07. The Labute approximate surface area is 77.8 Å². The lowest BCUT2D eigenvalue weighted by Crippen LogP contribution is -2.14. The van der Waals surface area contributed by atoms with Gasteiger partial charge in [0.05, 0.1) is 0 Å². The van der Waals surface area contributed by atoms with Crippen molar-refractivity contribution in [2.45, 2.75) is 6.23 Å². The van der Waals surface area contributed by atoms with Crippen LogP contribution in [-0.2, 0) is 0 Å². The zero-order valence-corrected chi connectivity index (χ0v) is 7.27. The van der Waals surface area contributed by atoms with Crippen molar-refractivity contribution in [3.05, 3.63) is 35.9 Å². The molecule has 2 heteroatoms. The highest BCUT2D eigenvalue weighted by Gasteiger charge is 2.23. The van der Waals surface area contributed by atoms with Gasteiger partial charge in [-0.05, 0) is 18.1 Å². The number of nitrogens with zero attached hydrogens (tertiary/aromatic N) is 1. The summed E-state index contributed by atoms with van der Waals surface area (Å²) in [5, 5.41) is 9.40. The maximum absolute atomic E-state index is 9.40. The molecule has 1 aromatic rings. The monoisotopic (exact) mass is 173 g/mol. The van der Waals surface area contributed by atoms with E-state index >= 15 is 0 Å². The minimum atomic E-state index is -0.583. The van der Waals surface area contributed by atoms with Crippen LogP contribution in [0.15, 0.2) is 30.3 Å². The number of aliphatic hydroxyl groups is 1. The Morgan fingerprint density at radius 1 is 1.23 bits per heavy atom. The summed E-state index contributed by atoms with van der Waals surface area (Å²) in [6.45, 7) is 1.93. The highest BCUT2D eigenvalue weighted by atomic mass is 16.3. The second kappa shape index (κ2) is 3.61. The molecule has 0 aliphatic carbocycles. The SMILES string of the molecule is OC(C#Cc1ccccc1)N1CC1. The zero-order valence-electron chi connectivity index (χ0n) is 7.27. The van der Waals surface area contributed by atoms with Gasteiger partial charge in [0, 0.05) is 18.7 Å². The third kappa shape index (κ3) is 2.32. The predicted molar refractivity (Wildman–Crippen MR) is 50.9 cm³/mol. The molecule has 0 bridgehead atoms. The second-order valence-electron chi connectivity index (χ2n) is 3.05. The Hall–Kier alpha value is -1.30. The fraction of sp³-hybridized carbons (Fsp3) is 0.273. The van der Waals surface area contributed by atoms with Crippen molar-refractivity contribution in [1.82, 2.24) is 4.90 Å². The van der Waals surface area contributed by atoms with Crippen LogP contribution in [0.1, 0.15) is 5.56 Å². The molecular formula is C11H11NO. The minimum Gasteiger partial charge on any atom is -0.367 e. The number of hydrogen-bond acceptors (Lipinski definition) is 2. The maximum Gasteiger partial charge on any atom is 0.171 e. The Kier molecular flexibility index (Phi) is 2.31. The van der Waals surface area contributed by atoms with E-state index in [9.17, 15) is 5.11 Å². The molecule has 0 saturated carbocycles. The Morgan fingerprint density at radius 3 is 2.54 bits per heavy atom. The van der Waals surface area contributed by atoms with Crippen LogP contribution in [0.2, 0.25) is 0 Å². The molecule has 66 valence electrons. The third-order valence-electron chi connectivity index (χ3n) is 1.95. The van der Waals surface area contributed by atoms with Crippen LogP contribution in [0, 0.1) is 11.8 Å². The van der Waals surface area contributed by atoms with Crippen molar-refractivity contribution in [2.24, 2.45) is 0 Å². The van der Waals surface area contributed by atoms with Crippen molar-refractivity contribution in [1.29, 1.82) is 0 Å². The maximum atomic E-state index is 9.40. The second-order valence-corrected chi connectivity index (χ2v) is 3.05. The van der Waals surface area contributed by atoms with Crippen molar-refractivity contribution in [3.63, 3.8) is 0 Å². The lowest BCUT2D eigenvalue weighted by molar-refractivity contribution is 0.136. The first-order chi connectivity index (χ1) is 6.36. The molecule has 1 N–H and O–H groups in total. The molecule has 1 fully saturated rings. The molecule has 2 nitrogen and oxygen atoms in total. The molecule has 0 aromatic heterocycles. The van der Waals surface area contributed by atoms with Crippen molar-refractivity contribution in [3.8, 4) is 11.8 Å². The van der Waals surface area contributed by atoms with Gasteiger partial charge in [0.15, 0.2) is 6.23 Å². The average Bonchev–Trinajstić information content (AvgIpc) is 2.99. The summed E-state index contributed by atoms with van der Waals surface area (Å²) in [7, 11) is 0. The summed E-state index contributed by atoms with van der Waals surface area (Å²) in [5.41, 5.74) is 0.948. The topological polar surface area (TPSA) is 23.2 Å². The van der Waals surface area contributed by atoms with E-state index in [1.165, 1.54) is 0 Å². The molecule has 1 aliphatic rings. The van der Waals surface area contributed by atoms with Crippen molar-refractivity contribution >= 4 is 0 Å². The average molecular weight is 173 g/mol. The van der Waals surface area contributed by atoms with Crippen molar-refractivity contribution in [2.75, 3.05) is 13.1 Å². The van der Waals surface area contributed by atoms with Crippen LogP contribution in [0.4, 0.5) is 0 Å². The lowest BCUT2D eigenvalue weighted by atomic mass is 10.2. The summed E-state index contributed by atoms with van der Waals surface area (Å²) in [5.74, 6) is 5.72. The van der Waals surface area contributed by atoms with E-state index in [0.29, 0.717) is 0 Å². The lowest BCUT2D eigenvalue weighted by Gasteiger charge is -2.00. The van der Waals surface area contributed by atoms with Gasteiger partial charge in [0.25, 0.3) is 0 Å². The zero-order chi connectivity index (χ0) is 9.10. The molecule has 0 amide bonds. The molecule has 0 spiro atoms. The predicted octanol–water partition coefficient (Wildman–Crippen LogP) is 0.672. The largest absolute Gasteiger partial charge is 0.367 e. The summed E-state index contributed by atoms with van der Waals surface area (Å²) < 4.78 is 0. The van der Waals surface area contributed by atoms with Crippen molar-refractivity contribution < 1.29 is 5.11 Å². The van der Waals surface area contributed by atoms with Gasteiger partial charge < -0.3 is 5.11 Å². The van der Waals surface area contributed by atoms with Gasteiger partial charge >= 0.3 is 0 Å². The van der Waals surface area contributed by atoms with Crippen LogP contribution in [0.5, 0.6) is 0 Å². The van der Waals surface area contributed by atoms with E-state index in [4.69, 9.17) is 0 Å². The quantitative estimate of drug-likeness (QED) is 0.498. The van der Waals surface area contributed by atoms with E-state index in [0.717, 1.165) is 18.7 Å². The number of benzene rings is 1. The van der Waals surface area contributed by atoms with Crippen LogP contribution < -0.4 is 0 Å². The summed E-state index contributed by atoms with van der Waals surface area (Å²) in [6, 6.07) is 9.69. The van der Waals surface area contributed by atoms with Gasteiger partial charge in [-0.2, -0.15) is 0 Å². The molecular weight excluding hydrogens is 162 g/mol. The summed E-state index contributed by atoms with van der Waals surface area (Å²) in [4.78, 5) is 1.90. The van der Waals surface area contributed by atoms with Crippen LogP contribution in [0.25, 0.3) is 0 Å². The molecule has 0 radical (unpaired) electrons. The molecule has 2 rings (SSSR count). The van der Waals surface area contributed by atoms with Gasteiger partial charge in [0.2, 0.25) is 0 Å².